The zero-order chi connectivity index (χ0) is 18.8. The van der Waals surface area contributed by atoms with Gasteiger partial charge in [0.25, 0.3) is 0 Å². The predicted molar refractivity (Wildman–Crippen MR) is 106 cm³/mol. The molecule has 0 aliphatic carbocycles. The van der Waals surface area contributed by atoms with Crippen LogP contribution in [0.25, 0.3) is 0 Å². The molecule has 1 atom stereocenters. The Bertz CT molecular complexity index is 993. The molecule has 148 valence electrons. The lowest BCUT2D eigenvalue weighted by Gasteiger charge is -2.27. The second-order valence-corrected chi connectivity index (χ2v) is 9.64. The van der Waals surface area contributed by atoms with E-state index >= 15 is 0 Å². The second kappa shape index (κ2) is 8.68. The molecular weight excluding hydrogens is 410 g/mol. The number of hydrogen-bond acceptors (Lipinski definition) is 5. The van der Waals surface area contributed by atoms with Gasteiger partial charge in [0.15, 0.2) is 0 Å². The minimum Gasteiger partial charge on any atom is -0.308 e. The van der Waals surface area contributed by atoms with Crippen LogP contribution in [0.5, 0.6) is 0 Å². The summed E-state index contributed by atoms with van der Waals surface area (Å²) in [5.74, 6) is 0. The fourth-order valence-corrected chi connectivity index (χ4v) is 4.74. The first-order valence-corrected chi connectivity index (χ1v) is 11.1. The zero-order valence-electron chi connectivity index (χ0n) is 14.7. The van der Waals surface area contributed by atoms with Crippen molar-refractivity contribution in [3.8, 4) is 0 Å². The molecule has 0 amide bonds. The van der Waals surface area contributed by atoms with Crippen molar-refractivity contribution in [1.29, 1.82) is 0 Å². The van der Waals surface area contributed by atoms with E-state index in [1.807, 2.05) is 18.2 Å². The predicted octanol–water partition coefficient (Wildman–Crippen LogP) is 1.18. The summed E-state index contributed by atoms with van der Waals surface area (Å²) in [6.45, 7) is 1.01. The smallest absolute Gasteiger partial charge is 0.240 e. The molecule has 27 heavy (non-hydrogen) atoms. The van der Waals surface area contributed by atoms with Gasteiger partial charge in [0, 0.05) is 12.6 Å². The summed E-state index contributed by atoms with van der Waals surface area (Å²) < 4.78 is 53.3. The minimum atomic E-state index is -3.74. The lowest BCUT2D eigenvalue weighted by Crippen LogP contribution is -2.38. The van der Waals surface area contributed by atoms with Crippen LogP contribution in [0.1, 0.15) is 17.2 Å². The van der Waals surface area contributed by atoms with Gasteiger partial charge in [-0.15, -0.1) is 12.4 Å². The molecule has 0 aromatic heterocycles. The van der Waals surface area contributed by atoms with Crippen molar-refractivity contribution in [2.45, 2.75) is 22.3 Å². The number of nitrogens with one attached hydrogen (secondary N) is 3. The maximum atomic E-state index is 12.5. The van der Waals surface area contributed by atoms with Gasteiger partial charge < -0.3 is 5.32 Å². The number of halogens is 1. The van der Waals surface area contributed by atoms with E-state index in [9.17, 15) is 16.8 Å². The number of fused-ring (bicyclic) bond motifs is 1. The first kappa shape index (κ1) is 21.8. The Balaban J connectivity index is 0.00000261. The Hall–Kier alpha value is -1.49. The topological polar surface area (TPSA) is 104 Å². The normalized spacial score (nSPS) is 17.0. The van der Waals surface area contributed by atoms with Crippen molar-refractivity contribution in [3.63, 3.8) is 0 Å². The fraction of sp³-hybridized carbons (Fsp3) is 0.294. The summed E-state index contributed by atoms with van der Waals surface area (Å²) in [5, 5.41) is 3.32. The molecule has 0 spiro atoms. The molecule has 1 aliphatic rings. The third-order valence-electron chi connectivity index (χ3n) is 4.41. The van der Waals surface area contributed by atoms with Crippen LogP contribution in [-0.4, -0.2) is 37.0 Å². The van der Waals surface area contributed by atoms with Gasteiger partial charge >= 0.3 is 0 Å². The Morgan fingerprint density at radius 2 is 1.56 bits per heavy atom. The third kappa shape index (κ3) is 4.87. The van der Waals surface area contributed by atoms with Crippen molar-refractivity contribution >= 4 is 32.5 Å². The number of sulfonamides is 2. The minimum absolute atomic E-state index is 0. The maximum absolute atomic E-state index is 12.5. The van der Waals surface area contributed by atoms with Crippen LogP contribution in [0.2, 0.25) is 0 Å². The highest BCUT2D eigenvalue weighted by Gasteiger charge is 2.22. The SMILES string of the molecule is CNS(=O)(=O)c1ccc(S(=O)(=O)NCC2NCCc3ccccc32)cc1.Cl. The molecule has 2 aromatic rings. The zero-order valence-corrected chi connectivity index (χ0v) is 17.1. The standard InChI is InChI=1S/C17H21N3O4S2.ClH/c1-18-25(21,22)14-6-8-15(9-7-14)26(23,24)20-12-17-16-5-3-2-4-13(16)10-11-19-17;/h2-9,17-20H,10-12H2,1H3;1H. The van der Waals surface area contributed by atoms with E-state index in [0.29, 0.717) is 0 Å². The summed E-state index contributed by atoms with van der Waals surface area (Å²) in [6, 6.07) is 13.0. The van der Waals surface area contributed by atoms with Crippen molar-refractivity contribution < 1.29 is 16.8 Å². The van der Waals surface area contributed by atoms with Crippen LogP contribution in [-0.2, 0) is 26.5 Å². The van der Waals surface area contributed by atoms with Gasteiger partial charge in [-0.3, -0.25) is 0 Å². The average molecular weight is 432 g/mol. The first-order valence-electron chi connectivity index (χ1n) is 8.18. The lowest BCUT2D eigenvalue weighted by atomic mass is 9.95. The molecular formula is C17H22ClN3O4S2. The van der Waals surface area contributed by atoms with Crippen molar-refractivity contribution in [3.05, 3.63) is 59.7 Å². The molecule has 0 saturated carbocycles. The van der Waals surface area contributed by atoms with Gasteiger partial charge in [0.05, 0.1) is 9.79 Å². The summed E-state index contributed by atoms with van der Waals surface area (Å²) in [4.78, 5) is 0.0403. The molecule has 1 heterocycles. The molecule has 3 N–H and O–H groups in total. The fourth-order valence-electron chi connectivity index (χ4n) is 2.97. The van der Waals surface area contributed by atoms with Gasteiger partial charge in [0.2, 0.25) is 20.0 Å². The monoisotopic (exact) mass is 431 g/mol. The van der Waals surface area contributed by atoms with E-state index < -0.39 is 20.0 Å². The van der Waals surface area contributed by atoms with Crippen LogP contribution >= 0.6 is 12.4 Å². The molecule has 0 radical (unpaired) electrons. The van der Waals surface area contributed by atoms with Crippen molar-refractivity contribution in [2.24, 2.45) is 0 Å². The maximum Gasteiger partial charge on any atom is 0.240 e. The molecule has 3 rings (SSSR count). The third-order valence-corrected chi connectivity index (χ3v) is 7.28. The molecule has 0 bridgehead atoms. The Labute approximate surface area is 166 Å². The molecule has 1 unspecified atom stereocenters. The average Bonchev–Trinajstić information content (AvgIpc) is 2.66. The van der Waals surface area contributed by atoms with Crippen LogP contribution in [0.4, 0.5) is 0 Å². The van der Waals surface area contributed by atoms with Gasteiger partial charge in [-0.1, -0.05) is 24.3 Å². The van der Waals surface area contributed by atoms with E-state index in [4.69, 9.17) is 0 Å². The summed E-state index contributed by atoms with van der Waals surface area (Å²) in [7, 11) is -6.03. The molecule has 10 heteroatoms. The highest BCUT2D eigenvalue weighted by atomic mass is 35.5. The molecule has 7 nitrogen and oxygen atoms in total. The summed E-state index contributed by atoms with van der Waals surface area (Å²) >= 11 is 0. The van der Waals surface area contributed by atoms with Crippen LogP contribution < -0.4 is 14.8 Å². The second-order valence-electron chi connectivity index (χ2n) is 5.99. The highest BCUT2D eigenvalue weighted by Crippen LogP contribution is 2.22. The van der Waals surface area contributed by atoms with Gasteiger partial charge in [-0.2, -0.15) is 0 Å². The van der Waals surface area contributed by atoms with E-state index in [1.54, 1.807) is 0 Å². The summed E-state index contributed by atoms with van der Waals surface area (Å²) in [6.07, 6.45) is 0.917. The molecule has 2 aromatic carbocycles. The summed E-state index contributed by atoms with van der Waals surface area (Å²) in [5.41, 5.74) is 2.31. The van der Waals surface area contributed by atoms with E-state index in [2.05, 4.69) is 20.8 Å². The Morgan fingerprint density at radius 3 is 2.19 bits per heavy atom. The van der Waals surface area contributed by atoms with Crippen LogP contribution in [0, 0.1) is 0 Å². The van der Waals surface area contributed by atoms with Gasteiger partial charge in [-0.25, -0.2) is 26.3 Å². The van der Waals surface area contributed by atoms with E-state index in [0.717, 1.165) is 18.5 Å². The van der Waals surface area contributed by atoms with E-state index in [-0.39, 0.29) is 34.8 Å². The number of hydrogen-bond donors (Lipinski definition) is 3. The number of benzene rings is 2. The van der Waals surface area contributed by atoms with Gasteiger partial charge in [-0.05, 0) is 55.4 Å². The molecule has 0 fully saturated rings. The first-order chi connectivity index (χ1) is 12.3. The van der Waals surface area contributed by atoms with Crippen molar-refractivity contribution in [2.75, 3.05) is 20.1 Å². The Morgan fingerprint density at radius 1 is 0.963 bits per heavy atom. The lowest BCUT2D eigenvalue weighted by molar-refractivity contribution is 0.491. The Kier molecular flexibility index (Phi) is 7.01. The molecule has 1 aliphatic heterocycles. The quantitative estimate of drug-likeness (QED) is 0.637. The highest BCUT2D eigenvalue weighted by molar-refractivity contribution is 7.90. The molecule has 0 saturated heterocycles. The largest absolute Gasteiger partial charge is 0.308 e. The van der Waals surface area contributed by atoms with Crippen molar-refractivity contribution in [1.82, 2.24) is 14.8 Å². The number of rotatable bonds is 6. The van der Waals surface area contributed by atoms with Crippen LogP contribution in [0.3, 0.4) is 0 Å². The van der Waals surface area contributed by atoms with Gasteiger partial charge in [0.1, 0.15) is 0 Å². The van der Waals surface area contributed by atoms with Crippen LogP contribution in [0.15, 0.2) is 58.3 Å². The van der Waals surface area contributed by atoms with E-state index in [1.165, 1.54) is 36.9 Å².